The first-order valence-corrected chi connectivity index (χ1v) is 9.39. The summed E-state index contributed by atoms with van der Waals surface area (Å²) in [4.78, 5) is 12.2. The maximum absolute atomic E-state index is 4.94. The van der Waals surface area contributed by atoms with Crippen LogP contribution in [0.15, 0.2) is 24.3 Å². The van der Waals surface area contributed by atoms with Crippen molar-refractivity contribution in [3.05, 3.63) is 24.3 Å². The molecule has 0 saturated carbocycles. The van der Waals surface area contributed by atoms with Gasteiger partial charge in [-0.15, -0.1) is 0 Å². The van der Waals surface area contributed by atoms with Gasteiger partial charge in [0.25, 0.3) is 0 Å². The Labute approximate surface area is 143 Å². The third-order valence-corrected chi connectivity index (χ3v) is 5.12. The highest BCUT2D eigenvalue weighted by Gasteiger charge is 2.18. The molecule has 2 N–H and O–H groups in total. The van der Waals surface area contributed by atoms with Crippen molar-refractivity contribution in [3.63, 3.8) is 0 Å². The number of nitrogens with one attached hydrogen (secondary N) is 2. The predicted molar refractivity (Wildman–Crippen MR) is 99.7 cm³/mol. The van der Waals surface area contributed by atoms with Crippen LogP contribution in [0.25, 0.3) is 10.9 Å². The van der Waals surface area contributed by atoms with Crippen LogP contribution in [-0.4, -0.2) is 42.2 Å². The molecule has 0 unspecified atom stereocenters. The van der Waals surface area contributed by atoms with Gasteiger partial charge in [-0.2, -0.15) is 4.98 Å². The highest BCUT2D eigenvalue weighted by Crippen LogP contribution is 2.27. The number of anilines is 2. The molecule has 2 fully saturated rings. The molecule has 24 heavy (non-hydrogen) atoms. The van der Waals surface area contributed by atoms with Crippen LogP contribution in [0.2, 0.25) is 0 Å². The van der Waals surface area contributed by atoms with Gasteiger partial charge in [0.1, 0.15) is 5.82 Å². The molecule has 0 aliphatic carbocycles. The lowest BCUT2D eigenvalue weighted by atomic mass is 10.1. The molecule has 2 aromatic rings. The highest BCUT2D eigenvalue weighted by atomic mass is 15.2. The Hall–Kier alpha value is -1.88. The molecule has 1 aromatic heterocycles. The monoisotopic (exact) mass is 325 g/mol. The maximum atomic E-state index is 4.94. The molecule has 0 bridgehead atoms. The lowest BCUT2D eigenvalue weighted by molar-refractivity contribution is 0.478. The van der Waals surface area contributed by atoms with Crippen molar-refractivity contribution < 1.29 is 0 Å². The van der Waals surface area contributed by atoms with E-state index in [1.54, 1.807) is 0 Å². The molecule has 2 aliphatic rings. The zero-order chi connectivity index (χ0) is 16.2. The Morgan fingerprint density at radius 2 is 1.83 bits per heavy atom. The molecule has 128 valence electrons. The third-order valence-electron chi connectivity index (χ3n) is 5.12. The number of hydrogen-bond acceptors (Lipinski definition) is 5. The second kappa shape index (κ2) is 7.34. The van der Waals surface area contributed by atoms with Gasteiger partial charge in [-0.1, -0.05) is 25.0 Å². The van der Waals surface area contributed by atoms with Gasteiger partial charge in [0, 0.05) is 31.1 Å². The zero-order valence-corrected chi connectivity index (χ0v) is 14.3. The number of fused-ring (bicyclic) bond motifs is 1. The topological polar surface area (TPSA) is 53.1 Å². The van der Waals surface area contributed by atoms with E-state index in [4.69, 9.17) is 9.97 Å². The zero-order valence-electron chi connectivity index (χ0n) is 14.3. The Balaban J connectivity index is 1.67. The molecule has 1 aromatic carbocycles. The van der Waals surface area contributed by atoms with E-state index in [2.05, 4.69) is 39.8 Å². The van der Waals surface area contributed by atoms with Gasteiger partial charge >= 0.3 is 0 Å². The largest absolute Gasteiger partial charge is 0.356 e. The fraction of sp³-hybridized carbons (Fsp3) is 0.579. The molecule has 4 rings (SSSR count). The average Bonchev–Trinajstić information content (AvgIpc) is 2.91. The number of benzene rings is 1. The smallest absolute Gasteiger partial charge is 0.225 e. The van der Waals surface area contributed by atoms with Gasteiger partial charge in [0.2, 0.25) is 5.95 Å². The first-order valence-electron chi connectivity index (χ1n) is 9.39. The van der Waals surface area contributed by atoms with Crippen LogP contribution < -0.4 is 15.5 Å². The summed E-state index contributed by atoms with van der Waals surface area (Å²) in [7, 11) is 0. The predicted octanol–water partition coefficient (Wildman–Crippen LogP) is 3.17. The van der Waals surface area contributed by atoms with E-state index in [0.717, 1.165) is 43.5 Å². The van der Waals surface area contributed by atoms with Gasteiger partial charge in [-0.25, -0.2) is 4.98 Å². The lowest BCUT2D eigenvalue weighted by Crippen LogP contribution is -2.39. The van der Waals surface area contributed by atoms with Gasteiger partial charge in [0.05, 0.1) is 5.52 Å². The molecule has 0 radical (unpaired) electrons. The summed E-state index contributed by atoms with van der Waals surface area (Å²) in [6.07, 6.45) is 7.57. The molecular weight excluding hydrogens is 298 g/mol. The standard InChI is InChI=1S/C19H27N5/c1-2-6-13-24(12-5-1)18-16-9-3-4-10-17(16)22-19(23-18)21-15-8-7-11-20-14-15/h3-4,9-10,15,20H,1-2,5-8,11-14H2,(H,21,22,23)/t15-/m1/s1. The minimum Gasteiger partial charge on any atom is -0.356 e. The summed E-state index contributed by atoms with van der Waals surface area (Å²) in [6.45, 7) is 4.32. The van der Waals surface area contributed by atoms with Gasteiger partial charge < -0.3 is 15.5 Å². The van der Waals surface area contributed by atoms with E-state index >= 15 is 0 Å². The summed E-state index contributed by atoms with van der Waals surface area (Å²) in [5, 5.41) is 8.18. The molecule has 5 nitrogen and oxygen atoms in total. The second-order valence-corrected chi connectivity index (χ2v) is 6.98. The van der Waals surface area contributed by atoms with Crippen LogP contribution in [0.4, 0.5) is 11.8 Å². The van der Waals surface area contributed by atoms with Crippen molar-refractivity contribution >= 4 is 22.7 Å². The van der Waals surface area contributed by atoms with Crippen LogP contribution in [-0.2, 0) is 0 Å². The number of piperidine rings is 1. The second-order valence-electron chi connectivity index (χ2n) is 6.98. The Bertz CT molecular complexity index is 673. The highest BCUT2D eigenvalue weighted by molar-refractivity contribution is 5.90. The molecular formula is C19H27N5. The first kappa shape index (κ1) is 15.6. The molecule has 2 saturated heterocycles. The first-order chi connectivity index (χ1) is 11.9. The van der Waals surface area contributed by atoms with Crippen molar-refractivity contribution in [3.8, 4) is 0 Å². The number of nitrogens with zero attached hydrogens (tertiary/aromatic N) is 3. The number of hydrogen-bond donors (Lipinski definition) is 2. The molecule has 1 atom stereocenters. The van der Waals surface area contributed by atoms with Crippen molar-refractivity contribution in [2.24, 2.45) is 0 Å². The van der Waals surface area contributed by atoms with Crippen molar-refractivity contribution in [2.75, 3.05) is 36.4 Å². The van der Waals surface area contributed by atoms with E-state index in [1.165, 1.54) is 43.9 Å². The van der Waals surface area contributed by atoms with E-state index in [1.807, 2.05) is 0 Å². The van der Waals surface area contributed by atoms with E-state index in [-0.39, 0.29) is 0 Å². The summed E-state index contributed by atoms with van der Waals surface area (Å²) < 4.78 is 0. The van der Waals surface area contributed by atoms with Gasteiger partial charge in [-0.05, 0) is 44.4 Å². The normalized spacial score (nSPS) is 22.3. The van der Waals surface area contributed by atoms with Crippen LogP contribution in [0.3, 0.4) is 0 Å². The van der Waals surface area contributed by atoms with Crippen LogP contribution >= 0.6 is 0 Å². The molecule has 3 heterocycles. The van der Waals surface area contributed by atoms with Crippen LogP contribution in [0.1, 0.15) is 38.5 Å². The number of aromatic nitrogens is 2. The van der Waals surface area contributed by atoms with Gasteiger partial charge in [-0.3, -0.25) is 0 Å². The molecule has 0 amide bonds. The van der Waals surface area contributed by atoms with Crippen molar-refractivity contribution in [1.29, 1.82) is 0 Å². The molecule has 0 spiro atoms. The fourth-order valence-electron chi connectivity index (χ4n) is 3.81. The minimum absolute atomic E-state index is 0.428. The van der Waals surface area contributed by atoms with Gasteiger partial charge in [0.15, 0.2) is 0 Å². The Morgan fingerprint density at radius 3 is 2.62 bits per heavy atom. The van der Waals surface area contributed by atoms with Crippen molar-refractivity contribution in [1.82, 2.24) is 15.3 Å². The fourth-order valence-corrected chi connectivity index (χ4v) is 3.81. The van der Waals surface area contributed by atoms with Crippen molar-refractivity contribution in [2.45, 2.75) is 44.6 Å². The maximum Gasteiger partial charge on any atom is 0.225 e. The summed E-state index contributed by atoms with van der Waals surface area (Å²) >= 11 is 0. The Morgan fingerprint density at radius 1 is 1.00 bits per heavy atom. The minimum atomic E-state index is 0.428. The molecule has 5 heteroatoms. The number of rotatable bonds is 3. The summed E-state index contributed by atoms with van der Waals surface area (Å²) in [5.74, 6) is 1.88. The summed E-state index contributed by atoms with van der Waals surface area (Å²) in [6, 6.07) is 8.83. The van der Waals surface area contributed by atoms with Crippen LogP contribution in [0, 0.1) is 0 Å². The molecule has 2 aliphatic heterocycles. The average molecular weight is 325 g/mol. The van der Waals surface area contributed by atoms with E-state index in [9.17, 15) is 0 Å². The summed E-state index contributed by atoms with van der Waals surface area (Å²) in [5.41, 5.74) is 1.04. The quantitative estimate of drug-likeness (QED) is 0.908. The Kier molecular flexibility index (Phi) is 4.78. The van der Waals surface area contributed by atoms with E-state index in [0.29, 0.717) is 6.04 Å². The van der Waals surface area contributed by atoms with E-state index < -0.39 is 0 Å². The SMILES string of the molecule is c1ccc2c(N3CCCCCC3)nc(N[C@@H]3CCCNC3)nc2c1. The number of para-hydroxylation sites is 1. The third kappa shape index (κ3) is 3.46. The van der Waals surface area contributed by atoms with Crippen LogP contribution in [0.5, 0.6) is 0 Å². The lowest BCUT2D eigenvalue weighted by Gasteiger charge is -2.26.